The van der Waals surface area contributed by atoms with Crippen molar-refractivity contribution in [2.75, 3.05) is 5.32 Å². The molecule has 0 aliphatic carbocycles. The smallest absolute Gasteiger partial charge is 0.185 e. The quantitative estimate of drug-likeness (QED) is 0.446. The lowest BCUT2D eigenvalue weighted by Crippen LogP contribution is -2.10. The van der Waals surface area contributed by atoms with Gasteiger partial charge in [-0.05, 0) is 6.92 Å². The Hall–Kier alpha value is -1.17. The van der Waals surface area contributed by atoms with E-state index < -0.39 is 29.0 Å². The Bertz CT molecular complexity index is 365. The topological polar surface area (TPSA) is 12.0 Å². The SMILES string of the molecule is CC(=S)Nc1c(F)c(F)cc(F)c1F. The summed E-state index contributed by atoms with van der Waals surface area (Å²) >= 11 is 4.49. The highest BCUT2D eigenvalue weighted by Gasteiger charge is 2.18. The van der Waals surface area contributed by atoms with E-state index >= 15 is 0 Å². The van der Waals surface area contributed by atoms with Crippen molar-refractivity contribution in [1.82, 2.24) is 0 Å². The molecular weight excluding hydrogens is 218 g/mol. The minimum absolute atomic E-state index is 0.00722. The molecule has 0 saturated carbocycles. The van der Waals surface area contributed by atoms with Gasteiger partial charge in [-0.1, -0.05) is 12.2 Å². The molecule has 0 radical (unpaired) electrons. The van der Waals surface area contributed by atoms with Crippen LogP contribution < -0.4 is 5.32 Å². The first kappa shape index (κ1) is 10.9. The zero-order valence-electron chi connectivity index (χ0n) is 7.00. The Kier molecular flexibility index (Phi) is 3.05. The van der Waals surface area contributed by atoms with Crippen LogP contribution >= 0.6 is 12.2 Å². The van der Waals surface area contributed by atoms with Crippen molar-refractivity contribution >= 4 is 22.9 Å². The Morgan fingerprint density at radius 3 is 1.93 bits per heavy atom. The molecule has 1 N–H and O–H groups in total. The molecule has 1 rings (SSSR count). The molecule has 1 nitrogen and oxygen atoms in total. The van der Waals surface area contributed by atoms with E-state index in [0.29, 0.717) is 0 Å². The number of benzene rings is 1. The molecule has 0 aliphatic rings. The van der Waals surface area contributed by atoms with E-state index in [2.05, 4.69) is 12.2 Å². The molecule has 0 bridgehead atoms. The van der Waals surface area contributed by atoms with Crippen LogP contribution in [-0.2, 0) is 0 Å². The van der Waals surface area contributed by atoms with Crippen molar-refractivity contribution in [2.45, 2.75) is 6.92 Å². The Morgan fingerprint density at radius 2 is 1.57 bits per heavy atom. The largest absolute Gasteiger partial charge is 0.345 e. The maximum atomic E-state index is 12.9. The molecule has 1 aromatic rings. The minimum atomic E-state index is -1.49. The van der Waals surface area contributed by atoms with Gasteiger partial charge < -0.3 is 5.32 Å². The number of rotatable bonds is 1. The summed E-state index contributed by atoms with van der Waals surface area (Å²) in [6, 6.07) is 0.133. The first-order valence-corrected chi connectivity index (χ1v) is 3.95. The van der Waals surface area contributed by atoms with Gasteiger partial charge in [-0.2, -0.15) is 0 Å². The molecule has 14 heavy (non-hydrogen) atoms. The van der Waals surface area contributed by atoms with Crippen LogP contribution in [-0.4, -0.2) is 4.99 Å². The number of nitrogens with one attached hydrogen (secondary N) is 1. The van der Waals surface area contributed by atoms with Gasteiger partial charge in [-0.15, -0.1) is 0 Å². The van der Waals surface area contributed by atoms with Gasteiger partial charge in [0.2, 0.25) is 0 Å². The maximum absolute atomic E-state index is 12.9. The summed E-state index contributed by atoms with van der Waals surface area (Å²) in [5, 5.41) is 2.02. The van der Waals surface area contributed by atoms with E-state index in [1.807, 2.05) is 5.32 Å². The van der Waals surface area contributed by atoms with Crippen molar-refractivity contribution in [3.8, 4) is 0 Å². The Balaban J connectivity index is 3.31. The van der Waals surface area contributed by atoms with Gasteiger partial charge in [0, 0.05) is 6.07 Å². The molecule has 76 valence electrons. The second kappa shape index (κ2) is 3.91. The monoisotopic (exact) mass is 223 g/mol. The second-order valence-corrected chi connectivity index (χ2v) is 3.14. The second-order valence-electron chi connectivity index (χ2n) is 2.52. The number of hydrogen-bond acceptors (Lipinski definition) is 1. The highest BCUT2D eigenvalue weighted by molar-refractivity contribution is 7.80. The van der Waals surface area contributed by atoms with Gasteiger partial charge in [0.1, 0.15) is 5.69 Å². The predicted molar refractivity (Wildman–Crippen MR) is 48.2 cm³/mol. The van der Waals surface area contributed by atoms with Crippen LogP contribution in [0, 0.1) is 23.3 Å². The molecule has 6 heteroatoms. The molecule has 1 aromatic carbocycles. The summed E-state index contributed by atoms with van der Waals surface area (Å²) in [4.78, 5) is 0.00722. The molecule has 0 heterocycles. The predicted octanol–water partition coefficient (Wildman–Crippen LogP) is 3.00. The van der Waals surface area contributed by atoms with Crippen LogP contribution in [0.4, 0.5) is 23.2 Å². The highest BCUT2D eigenvalue weighted by Crippen LogP contribution is 2.23. The maximum Gasteiger partial charge on any atom is 0.185 e. The zero-order valence-corrected chi connectivity index (χ0v) is 7.81. The Morgan fingerprint density at radius 1 is 1.14 bits per heavy atom. The summed E-state index contributed by atoms with van der Waals surface area (Å²) in [5.41, 5.74) is -0.907. The zero-order chi connectivity index (χ0) is 10.9. The molecule has 0 unspecified atom stereocenters. The van der Waals surface area contributed by atoms with E-state index in [0.717, 1.165) is 0 Å². The van der Waals surface area contributed by atoms with E-state index in [1.165, 1.54) is 6.92 Å². The number of anilines is 1. The van der Waals surface area contributed by atoms with Crippen LogP contribution in [0.25, 0.3) is 0 Å². The van der Waals surface area contributed by atoms with E-state index in [-0.39, 0.29) is 11.1 Å². The van der Waals surface area contributed by atoms with E-state index in [9.17, 15) is 17.6 Å². The van der Waals surface area contributed by atoms with Crippen molar-refractivity contribution in [1.29, 1.82) is 0 Å². The fourth-order valence-corrected chi connectivity index (χ4v) is 0.961. The van der Waals surface area contributed by atoms with Crippen LogP contribution in [0.1, 0.15) is 6.92 Å². The molecule has 0 atom stereocenters. The summed E-state index contributed by atoms with van der Waals surface area (Å²) in [5.74, 6) is -5.92. The molecular formula is C8H5F4NS. The average Bonchev–Trinajstić information content (AvgIpc) is 2.09. The molecule has 0 fully saturated rings. The third-order valence-electron chi connectivity index (χ3n) is 1.41. The van der Waals surface area contributed by atoms with Crippen LogP contribution in [0.2, 0.25) is 0 Å². The van der Waals surface area contributed by atoms with Crippen LogP contribution in [0.5, 0.6) is 0 Å². The molecule has 0 saturated heterocycles. The lowest BCUT2D eigenvalue weighted by molar-refractivity contribution is 0.459. The number of halogens is 4. The van der Waals surface area contributed by atoms with Crippen molar-refractivity contribution in [3.05, 3.63) is 29.3 Å². The van der Waals surface area contributed by atoms with Crippen molar-refractivity contribution in [3.63, 3.8) is 0 Å². The average molecular weight is 223 g/mol. The molecule has 0 aliphatic heterocycles. The molecule has 0 amide bonds. The van der Waals surface area contributed by atoms with Gasteiger partial charge >= 0.3 is 0 Å². The first-order chi connectivity index (χ1) is 6.43. The lowest BCUT2D eigenvalue weighted by atomic mass is 10.2. The van der Waals surface area contributed by atoms with Gasteiger partial charge in [0.15, 0.2) is 23.3 Å². The van der Waals surface area contributed by atoms with Gasteiger partial charge in [0.05, 0.1) is 4.99 Å². The first-order valence-electron chi connectivity index (χ1n) is 3.54. The van der Waals surface area contributed by atoms with Gasteiger partial charge in [-0.3, -0.25) is 0 Å². The summed E-state index contributed by atoms with van der Waals surface area (Å²) < 4.78 is 51.0. The molecule has 0 spiro atoms. The number of thiocarbonyl (C=S) groups is 1. The molecule has 0 aromatic heterocycles. The van der Waals surface area contributed by atoms with Crippen molar-refractivity contribution in [2.24, 2.45) is 0 Å². The fourth-order valence-electron chi connectivity index (χ4n) is 0.859. The standard InChI is InChI=1S/C8H5F4NS/c1-3(14)13-8-6(11)4(9)2-5(10)7(8)12/h2H,1H3,(H,13,14). The van der Waals surface area contributed by atoms with Gasteiger partial charge in [-0.25, -0.2) is 17.6 Å². The highest BCUT2D eigenvalue weighted by atomic mass is 32.1. The summed E-state index contributed by atoms with van der Waals surface area (Å²) in [6.07, 6.45) is 0. The van der Waals surface area contributed by atoms with E-state index in [4.69, 9.17) is 0 Å². The third kappa shape index (κ3) is 2.01. The lowest BCUT2D eigenvalue weighted by Gasteiger charge is -2.07. The van der Waals surface area contributed by atoms with E-state index in [1.54, 1.807) is 0 Å². The van der Waals surface area contributed by atoms with Gasteiger partial charge in [0.25, 0.3) is 0 Å². The third-order valence-corrected chi connectivity index (χ3v) is 1.51. The normalized spacial score (nSPS) is 10.1. The fraction of sp³-hybridized carbons (Fsp3) is 0.125. The summed E-state index contributed by atoms with van der Waals surface area (Å²) in [7, 11) is 0. The Labute approximate surface area is 82.7 Å². The van der Waals surface area contributed by atoms with Crippen LogP contribution in [0.15, 0.2) is 6.07 Å². The number of hydrogen-bond donors (Lipinski definition) is 1. The van der Waals surface area contributed by atoms with Crippen LogP contribution in [0.3, 0.4) is 0 Å². The summed E-state index contributed by atoms with van der Waals surface area (Å²) in [6.45, 7) is 1.33. The van der Waals surface area contributed by atoms with Crippen molar-refractivity contribution < 1.29 is 17.6 Å². The minimum Gasteiger partial charge on any atom is -0.345 e.